The Bertz CT molecular complexity index is 1890. The SMILES string of the molecule is O=c1c2ccccc2nc(-c2cc3cc(Cl)ccc3o2)n1N=Cc1ccccc1OCc1ccccc1Cl. The highest BCUT2D eigenvalue weighted by molar-refractivity contribution is 6.31. The van der Waals surface area contributed by atoms with Crippen LogP contribution in [-0.2, 0) is 6.61 Å². The third kappa shape index (κ3) is 4.67. The first-order valence-corrected chi connectivity index (χ1v) is 12.5. The van der Waals surface area contributed by atoms with E-state index in [4.69, 9.17) is 37.3 Å². The van der Waals surface area contributed by atoms with Crippen molar-refractivity contribution in [3.05, 3.63) is 129 Å². The van der Waals surface area contributed by atoms with E-state index in [0.717, 1.165) is 10.9 Å². The fraction of sp³-hybridized carbons (Fsp3) is 0.0333. The second-order valence-corrected chi connectivity index (χ2v) is 9.37. The zero-order valence-electron chi connectivity index (χ0n) is 19.8. The molecule has 0 aliphatic rings. The van der Waals surface area contributed by atoms with Crippen molar-refractivity contribution in [2.75, 3.05) is 0 Å². The van der Waals surface area contributed by atoms with Gasteiger partial charge in [-0.15, -0.1) is 0 Å². The standard InChI is InChI=1S/C30H19Cl2N3O3/c31-22-13-14-27-21(15-22)16-28(38-27)29-34-25-11-5-3-9-23(25)30(36)35(29)33-17-19-7-2-6-12-26(19)37-18-20-8-1-4-10-24(20)32/h1-17H,18H2. The summed E-state index contributed by atoms with van der Waals surface area (Å²) in [6, 6.07) is 29.2. The molecule has 0 amide bonds. The summed E-state index contributed by atoms with van der Waals surface area (Å²) in [4.78, 5) is 18.3. The van der Waals surface area contributed by atoms with Crippen LogP contribution in [0.2, 0.25) is 10.0 Å². The summed E-state index contributed by atoms with van der Waals surface area (Å²) < 4.78 is 13.3. The van der Waals surface area contributed by atoms with Gasteiger partial charge in [0.1, 0.15) is 17.9 Å². The molecule has 0 unspecified atom stereocenters. The number of nitrogens with zero attached hydrogens (tertiary/aromatic N) is 3. The Morgan fingerprint density at radius 3 is 2.61 bits per heavy atom. The van der Waals surface area contributed by atoms with Crippen LogP contribution in [0.25, 0.3) is 33.5 Å². The zero-order valence-corrected chi connectivity index (χ0v) is 21.4. The van der Waals surface area contributed by atoms with E-state index in [9.17, 15) is 4.79 Å². The number of ether oxygens (including phenoxy) is 1. The third-order valence-corrected chi connectivity index (χ3v) is 6.63. The monoisotopic (exact) mass is 539 g/mol. The lowest BCUT2D eigenvalue weighted by atomic mass is 10.2. The minimum absolute atomic E-state index is 0.270. The number of aromatic nitrogens is 2. The van der Waals surface area contributed by atoms with Crippen molar-refractivity contribution in [1.82, 2.24) is 9.66 Å². The lowest BCUT2D eigenvalue weighted by Crippen LogP contribution is -2.20. The molecule has 6 rings (SSSR count). The average molecular weight is 540 g/mol. The summed E-state index contributed by atoms with van der Waals surface area (Å²) in [5.41, 5.74) is 2.39. The van der Waals surface area contributed by atoms with E-state index in [0.29, 0.717) is 43.6 Å². The Kier molecular flexibility index (Phi) is 6.42. The third-order valence-electron chi connectivity index (χ3n) is 6.02. The molecule has 0 fully saturated rings. The van der Waals surface area contributed by atoms with Crippen LogP contribution in [0.4, 0.5) is 0 Å². The van der Waals surface area contributed by atoms with Crippen molar-refractivity contribution in [1.29, 1.82) is 0 Å². The fourth-order valence-corrected chi connectivity index (χ4v) is 4.50. The molecule has 0 bridgehead atoms. The second-order valence-electron chi connectivity index (χ2n) is 8.52. The van der Waals surface area contributed by atoms with Gasteiger partial charge in [0.15, 0.2) is 5.76 Å². The van der Waals surface area contributed by atoms with E-state index in [1.54, 1.807) is 48.7 Å². The van der Waals surface area contributed by atoms with Gasteiger partial charge < -0.3 is 9.15 Å². The quantitative estimate of drug-likeness (QED) is 0.204. The minimum atomic E-state index is -0.324. The maximum atomic E-state index is 13.5. The van der Waals surface area contributed by atoms with Gasteiger partial charge in [-0.05, 0) is 54.6 Å². The fourth-order valence-electron chi connectivity index (χ4n) is 4.12. The maximum Gasteiger partial charge on any atom is 0.282 e. The molecule has 38 heavy (non-hydrogen) atoms. The Morgan fingerprint density at radius 1 is 0.921 bits per heavy atom. The molecule has 4 aromatic carbocycles. The van der Waals surface area contributed by atoms with Gasteiger partial charge in [0, 0.05) is 26.6 Å². The van der Waals surface area contributed by atoms with Crippen molar-refractivity contribution in [2.45, 2.75) is 6.61 Å². The first kappa shape index (κ1) is 24.0. The Morgan fingerprint density at radius 2 is 1.71 bits per heavy atom. The molecule has 0 aliphatic carbocycles. The summed E-state index contributed by atoms with van der Waals surface area (Å²) in [6.45, 7) is 0.287. The van der Waals surface area contributed by atoms with Gasteiger partial charge in [0.2, 0.25) is 5.82 Å². The molecule has 0 N–H and O–H groups in total. The van der Waals surface area contributed by atoms with Gasteiger partial charge in [-0.2, -0.15) is 9.78 Å². The molecule has 6 aromatic rings. The van der Waals surface area contributed by atoms with Gasteiger partial charge in [-0.1, -0.05) is 65.7 Å². The molecule has 0 saturated carbocycles. The number of rotatable bonds is 6. The lowest BCUT2D eigenvalue weighted by Gasteiger charge is -2.11. The van der Waals surface area contributed by atoms with E-state index in [2.05, 4.69) is 5.10 Å². The Hall–Kier alpha value is -4.39. The summed E-state index contributed by atoms with van der Waals surface area (Å²) in [7, 11) is 0. The van der Waals surface area contributed by atoms with E-state index >= 15 is 0 Å². The largest absolute Gasteiger partial charge is 0.488 e. The molecular weight excluding hydrogens is 521 g/mol. The normalized spacial score (nSPS) is 11.5. The smallest absolute Gasteiger partial charge is 0.282 e. The number of furan rings is 1. The summed E-state index contributed by atoms with van der Waals surface area (Å²) in [5.74, 6) is 1.26. The molecule has 6 nitrogen and oxygen atoms in total. The zero-order chi connectivity index (χ0) is 26.1. The molecule has 186 valence electrons. The minimum Gasteiger partial charge on any atom is -0.488 e. The molecule has 0 saturated heterocycles. The summed E-state index contributed by atoms with van der Waals surface area (Å²) >= 11 is 12.4. The lowest BCUT2D eigenvalue weighted by molar-refractivity contribution is 0.306. The van der Waals surface area contributed by atoms with Crippen LogP contribution in [0.1, 0.15) is 11.1 Å². The number of para-hydroxylation sites is 2. The van der Waals surface area contributed by atoms with Crippen molar-refractivity contribution in [3.8, 4) is 17.3 Å². The highest BCUT2D eigenvalue weighted by Crippen LogP contribution is 2.29. The van der Waals surface area contributed by atoms with E-state index in [-0.39, 0.29) is 18.0 Å². The molecule has 0 atom stereocenters. The van der Waals surface area contributed by atoms with Crippen molar-refractivity contribution >= 4 is 51.3 Å². The maximum absolute atomic E-state index is 13.5. The van der Waals surface area contributed by atoms with Gasteiger partial charge >= 0.3 is 0 Å². The molecular formula is C30H19Cl2N3O3. The highest BCUT2D eigenvalue weighted by Gasteiger charge is 2.17. The molecule has 2 aromatic heterocycles. The van der Waals surface area contributed by atoms with Crippen LogP contribution < -0.4 is 10.3 Å². The summed E-state index contributed by atoms with van der Waals surface area (Å²) in [6.07, 6.45) is 1.57. The highest BCUT2D eigenvalue weighted by atomic mass is 35.5. The van der Waals surface area contributed by atoms with Crippen LogP contribution in [0.3, 0.4) is 0 Å². The predicted octanol–water partition coefficient (Wildman–Crippen LogP) is 7.58. The first-order chi connectivity index (χ1) is 18.6. The van der Waals surface area contributed by atoms with Gasteiger partial charge in [-0.3, -0.25) is 4.79 Å². The topological polar surface area (TPSA) is 69.6 Å². The molecule has 0 aliphatic heterocycles. The van der Waals surface area contributed by atoms with Crippen molar-refractivity contribution in [3.63, 3.8) is 0 Å². The van der Waals surface area contributed by atoms with Gasteiger partial charge in [-0.25, -0.2) is 4.98 Å². The predicted molar refractivity (Wildman–Crippen MR) is 151 cm³/mol. The van der Waals surface area contributed by atoms with Crippen LogP contribution in [0, 0.1) is 0 Å². The Labute approximate surface area is 227 Å². The van der Waals surface area contributed by atoms with Gasteiger partial charge in [0.25, 0.3) is 5.56 Å². The van der Waals surface area contributed by atoms with Crippen LogP contribution >= 0.6 is 23.2 Å². The number of hydrogen-bond acceptors (Lipinski definition) is 5. The summed E-state index contributed by atoms with van der Waals surface area (Å²) in [5, 5.41) is 7.00. The number of hydrogen-bond donors (Lipinski definition) is 0. The molecule has 0 radical (unpaired) electrons. The molecule has 0 spiro atoms. The van der Waals surface area contributed by atoms with E-state index in [1.807, 2.05) is 54.6 Å². The van der Waals surface area contributed by atoms with Gasteiger partial charge in [0.05, 0.1) is 17.1 Å². The molecule has 2 heterocycles. The van der Waals surface area contributed by atoms with Crippen molar-refractivity contribution in [2.24, 2.45) is 5.10 Å². The first-order valence-electron chi connectivity index (χ1n) is 11.8. The number of fused-ring (bicyclic) bond motifs is 2. The molecule has 8 heteroatoms. The van der Waals surface area contributed by atoms with E-state index < -0.39 is 0 Å². The van der Waals surface area contributed by atoms with Crippen molar-refractivity contribution < 1.29 is 9.15 Å². The number of benzene rings is 4. The van der Waals surface area contributed by atoms with E-state index in [1.165, 1.54) is 4.68 Å². The Balaban J connectivity index is 1.43. The second kappa shape index (κ2) is 10.2. The number of halogens is 2. The van der Waals surface area contributed by atoms with Crippen LogP contribution in [0.15, 0.2) is 111 Å². The van der Waals surface area contributed by atoms with Crippen LogP contribution in [-0.4, -0.2) is 15.9 Å². The average Bonchev–Trinajstić information content (AvgIpc) is 3.35. The van der Waals surface area contributed by atoms with Crippen LogP contribution in [0.5, 0.6) is 5.75 Å².